The number of aromatic nitrogens is 1. The molecule has 0 aliphatic heterocycles. The molecule has 0 saturated heterocycles. The van der Waals surface area contributed by atoms with Crippen LogP contribution in [0.5, 0.6) is 11.5 Å². The second-order valence-electron chi connectivity index (χ2n) is 5.87. The van der Waals surface area contributed by atoms with Crippen molar-refractivity contribution in [1.82, 2.24) is 15.6 Å². The van der Waals surface area contributed by atoms with E-state index in [1.165, 1.54) is 5.56 Å². The van der Waals surface area contributed by atoms with Gasteiger partial charge in [-0.15, -0.1) is 24.0 Å². The van der Waals surface area contributed by atoms with Crippen molar-refractivity contribution < 1.29 is 9.47 Å². The fourth-order valence-electron chi connectivity index (χ4n) is 2.46. The Morgan fingerprint density at radius 1 is 1.04 bits per heavy atom. The van der Waals surface area contributed by atoms with E-state index in [0.717, 1.165) is 42.5 Å². The normalized spacial score (nSPS) is 10.7. The van der Waals surface area contributed by atoms with E-state index in [-0.39, 0.29) is 24.0 Å². The van der Waals surface area contributed by atoms with Gasteiger partial charge in [-0.05, 0) is 49.6 Å². The van der Waals surface area contributed by atoms with E-state index in [4.69, 9.17) is 9.47 Å². The quantitative estimate of drug-likeness (QED) is 0.342. The fourth-order valence-corrected chi connectivity index (χ4v) is 2.46. The third-order valence-corrected chi connectivity index (χ3v) is 3.89. The molecule has 1 heterocycles. The van der Waals surface area contributed by atoms with Crippen LogP contribution in [0.3, 0.4) is 0 Å². The highest BCUT2D eigenvalue weighted by molar-refractivity contribution is 14.0. The molecule has 2 rings (SSSR count). The van der Waals surface area contributed by atoms with E-state index in [0.29, 0.717) is 12.3 Å². The van der Waals surface area contributed by atoms with Gasteiger partial charge in [-0.2, -0.15) is 0 Å². The molecule has 0 aliphatic rings. The monoisotopic (exact) mass is 484 g/mol. The Balaban J connectivity index is 0.00000364. The van der Waals surface area contributed by atoms with Crippen molar-refractivity contribution in [2.75, 3.05) is 27.3 Å². The second-order valence-corrected chi connectivity index (χ2v) is 5.87. The molecular weight excluding hydrogens is 455 g/mol. The number of aliphatic imine (C=N–C) groups is 1. The molecule has 27 heavy (non-hydrogen) atoms. The standard InChI is InChI=1S/C20H28N4O2.HI/c1-5-21-20(22-11-10-16-7-6-15(2)23-13-16)24-14-17-8-9-18(25-3)19(12-17)26-4;/h6-9,12-13H,5,10-11,14H2,1-4H3,(H2,21,22,24);1H. The number of aryl methyl sites for hydroxylation is 1. The second kappa shape index (κ2) is 12.4. The number of nitrogens with one attached hydrogen (secondary N) is 2. The van der Waals surface area contributed by atoms with Crippen molar-refractivity contribution in [2.24, 2.45) is 4.99 Å². The van der Waals surface area contributed by atoms with Crippen LogP contribution in [0.2, 0.25) is 0 Å². The Kier molecular flexibility index (Phi) is 10.5. The van der Waals surface area contributed by atoms with E-state index in [9.17, 15) is 0 Å². The van der Waals surface area contributed by atoms with Gasteiger partial charge in [0, 0.05) is 25.0 Å². The summed E-state index contributed by atoms with van der Waals surface area (Å²) in [5.74, 6) is 2.23. The van der Waals surface area contributed by atoms with Crippen LogP contribution in [-0.4, -0.2) is 38.3 Å². The number of halogens is 1. The van der Waals surface area contributed by atoms with Gasteiger partial charge in [0.2, 0.25) is 0 Å². The van der Waals surface area contributed by atoms with Crippen LogP contribution >= 0.6 is 24.0 Å². The lowest BCUT2D eigenvalue weighted by Crippen LogP contribution is -2.38. The lowest BCUT2D eigenvalue weighted by Gasteiger charge is -2.12. The molecule has 0 bridgehead atoms. The topological polar surface area (TPSA) is 67.8 Å². The molecule has 0 amide bonds. The molecule has 0 aliphatic carbocycles. The molecule has 0 atom stereocenters. The molecule has 0 saturated carbocycles. The zero-order valence-electron chi connectivity index (χ0n) is 16.4. The molecule has 2 aromatic rings. The Morgan fingerprint density at radius 2 is 1.78 bits per heavy atom. The lowest BCUT2D eigenvalue weighted by molar-refractivity contribution is 0.354. The molecule has 2 N–H and O–H groups in total. The predicted molar refractivity (Wildman–Crippen MR) is 120 cm³/mol. The maximum absolute atomic E-state index is 5.34. The summed E-state index contributed by atoms with van der Waals surface area (Å²) < 4.78 is 10.6. The van der Waals surface area contributed by atoms with Crippen LogP contribution in [0.15, 0.2) is 41.5 Å². The Hall–Kier alpha value is -2.03. The minimum Gasteiger partial charge on any atom is -0.493 e. The first-order valence-electron chi connectivity index (χ1n) is 8.81. The number of hydrogen-bond acceptors (Lipinski definition) is 4. The summed E-state index contributed by atoms with van der Waals surface area (Å²) in [4.78, 5) is 8.97. The number of hydrogen-bond donors (Lipinski definition) is 2. The molecule has 1 aromatic heterocycles. The fraction of sp³-hybridized carbons (Fsp3) is 0.400. The summed E-state index contributed by atoms with van der Waals surface area (Å²) in [5.41, 5.74) is 3.30. The van der Waals surface area contributed by atoms with Crippen LogP contribution in [0.1, 0.15) is 23.7 Å². The maximum atomic E-state index is 5.34. The zero-order chi connectivity index (χ0) is 18.8. The molecular formula is C20H29IN4O2. The first-order chi connectivity index (χ1) is 12.7. The Labute approximate surface area is 178 Å². The number of pyridine rings is 1. The van der Waals surface area contributed by atoms with Crippen molar-refractivity contribution in [3.63, 3.8) is 0 Å². The summed E-state index contributed by atoms with van der Waals surface area (Å²) in [6, 6.07) is 9.98. The van der Waals surface area contributed by atoms with Gasteiger partial charge in [-0.25, -0.2) is 4.99 Å². The minimum absolute atomic E-state index is 0. The van der Waals surface area contributed by atoms with E-state index in [1.807, 2.05) is 37.4 Å². The molecule has 7 heteroatoms. The lowest BCUT2D eigenvalue weighted by atomic mass is 10.2. The molecule has 6 nitrogen and oxygen atoms in total. The molecule has 0 radical (unpaired) electrons. The Bertz CT molecular complexity index is 720. The number of guanidine groups is 1. The van der Waals surface area contributed by atoms with E-state index < -0.39 is 0 Å². The minimum atomic E-state index is 0. The summed E-state index contributed by atoms with van der Waals surface area (Å²) >= 11 is 0. The summed E-state index contributed by atoms with van der Waals surface area (Å²) in [6.45, 7) is 6.21. The van der Waals surface area contributed by atoms with E-state index in [1.54, 1.807) is 14.2 Å². The first kappa shape index (κ1) is 23.0. The summed E-state index contributed by atoms with van der Waals surface area (Å²) in [5, 5.41) is 6.63. The van der Waals surface area contributed by atoms with Gasteiger partial charge in [0.15, 0.2) is 17.5 Å². The molecule has 0 unspecified atom stereocenters. The van der Waals surface area contributed by atoms with Gasteiger partial charge in [0.25, 0.3) is 0 Å². The van der Waals surface area contributed by atoms with Crippen molar-refractivity contribution in [1.29, 1.82) is 0 Å². The summed E-state index contributed by atoms with van der Waals surface area (Å²) in [6.07, 6.45) is 2.82. The van der Waals surface area contributed by atoms with E-state index in [2.05, 4.69) is 33.6 Å². The molecule has 0 spiro atoms. The van der Waals surface area contributed by atoms with Gasteiger partial charge in [0.1, 0.15) is 0 Å². The molecule has 0 fully saturated rings. The highest BCUT2D eigenvalue weighted by Gasteiger charge is 2.05. The first-order valence-corrected chi connectivity index (χ1v) is 8.81. The highest BCUT2D eigenvalue weighted by atomic mass is 127. The number of benzene rings is 1. The smallest absolute Gasteiger partial charge is 0.191 e. The van der Waals surface area contributed by atoms with Crippen LogP contribution < -0.4 is 20.1 Å². The number of ether oxygens (including phenoxy) is 2. The number of methoxy groups -OCH3 is 2. The predicted octanol–water partition coefficient (Wildman–Crippen LogP) is 3.32. The van der Waals surface area contributed by atoms with Crippen LogP contribution in [-0.2, 0) is 13.0 Å². The number of nitrogens with zero attached hydrogens (tertiary/aromatic N) is 2. The van der Waals surface area contributed by atoms with Crippen molar-refractivity contribution in [3.8, 4) is 11.5 Å². The van der Waals surface area contributed by atoms with E-state index >= 15 is 0 Å². The van der Waals surface area contributed by atoms with Gasteiger partial charge >= 0.3 is 0 Å². The van der Waals surface area contributed by atoms with Crippen LogP contribution in [0, 0.1) is 6.92 Å². The van der Waals surface area contributed by atoms with Gasteiger partial charge in [-0.3, -0.25) is 4.98 Å². The zero-order valence-corrected chi connectivity index (χ0v) is 18.7. The van der Waals surface area contributed by atoms with Crippen molar-refractivity contribution >= 4 is 29.9 Å². The van der Waals surface area contributed by atoms with Gasteiger partial charge < -0.3 is 20.1 Å². The van der Waals surface area contributed by atoms with Crippen molar-refractivity contribution in [3.05, 3.63) is 53.3 Å². The third kappa shape index (κ3) is 7.62. The van der Waals surface area contributed by atoms with Crippen LogP contribution in [0.4, 0.5) is 0 Å². The average molecular weight is 484 g/mol. The molecule has 1 aromatic carbocycles. The SMILES string of the molecule is CCNC(=NCc1ccc(OC)c(OC)c1)NCCc1ccc(C)nc1.I. The van der Waals surface area contributed by atoms with Crippen LogP contribution in [0.25, 0.3) is 0 Å². The number of rotatable bonds is 8. The van der Waals surface area contributed by atoms with Gasteiger partial charge in [0.05, 0.1) is 20.8 Å². The van der Waals surface area contributed by atoms with Gasteiger partial charge in [-0.1, -0.05) is 12.1 Å². The third-order valence-electron chi connectivity index (χ3n) is 3.89. The summed E-state index contributed by atoms with van der Waals surface area (Å²) in [7, 11) is 3.27. The Morgan fingerprint density at radius 3 is 2.41 bits per heavy atom. The largest absolute Gasteiger partial charge is 0.493 e. The maximum Gasteiger partial charge on any atom is 0.191 e. The highest BCUT2D eigenvalue weighted by Crippen LogP contribution is 2.27. The van der Waals surface area contributed by atoms with Crippen molar-refractivity contribution in [2.45, 2.75) is 26.8 Å². The average Bonchev–Trinajstić information content (AvgIpc) is 2.67. The molecule has 148 valence electrons.